The van der Waals surface area contributed by atoms with E-state index in [-0.39, 0.29) is 16.5 Å². The van der Waals surface area contributed by atoms with E-state index in [0.717, 1.165) is 25.7 Å². The third kappa shape index (κ3) is 3.47. The van der Waals surface area contributed by atoms with E-state index < -0.39 is 10.0 Å². The maximum atomic E-state index is 12.4. The number of hydrogen-bond acceptors (Lipinski definition) is 5. The van der Waals surface area contributed by atoms with Crippen molar-refractivity contribution in [3.05, 3.63) is 18.3 Å². The minimum Gasteiger partial charge on any atom is -0.321 e. The number of hydrazine groups is 1. The van der Waals surface area contributed by atoms with Gasteiger partial charge < -0.3 is 5.43 Å². The summed E-state index contributed by atoms with van der Waals surface area (Å²) in [4.78, 5) is 3.93. The highest BCUT2D eigenvalue weighted by molar-refractivity contribution is 7.89. The van der Waals surface area contributed by atoms with Crippen LogP contribution in [-0.4, -0.2) is 19.4 Å². The molecule has 0 saturated heterocycles. The number of nitrogens with zero attached hydrogens (tertiary/aromatic N) is 1. The summed E-state index contributed by atoms with van der Waals surface area (Å²) in [6.45, 7) is 4.34. The number of nitrogens with one attached hydrogen (secondary N) is 2. The highest BCUT2D eigenvalue weighted by atomic mass is 32.2. The van der Waals surface area contributed by atoms with Gasteiger partial charge in [0.25, 0.3) is 10.0 Å². The number of anilines is 1. The third-order valence-corrected chi connectivity index (χ3v) is 5.19. The Labute approximate surface area is 120 Å². The van der Waals surface area contributed by atoms with E-state index in [9.17, 15) is 8.42 Å². The molecule has 7 heteroatoms. The summed E-state index contributed by atoms with van der Waals surface area (Å²) in [6, 6.07) is 3.18. The molecule has 1 unspecified atom stereocenters. The van der Waals surface area contributed by atoms with Gasteiger partial charge in [0, 0.05) is 12.2 Å². The molecule has 0 spiro atoms. The van der Waals surface area contributed by atoms with E-state index in [1.165, 1.54) is 6.20 Å². The molecular formula is C13H22N4O2S. The zero-order chi connectivity index (χ0) is 14.8. The zero-order valence-electron chi connectivity index (χ0n) is 11.9. The minimum absolute atomic E-state index is 0.0450. The first-order chi connectivity index (χ1) is 9.34. The van der Waals surface area contributed by atoms with Crippen molar-refractivity contribution in [3.63, 3.8) is 0 Å². The number of rotatable bonds is 4. The molecule has 112 valence electrons. The van der Waals surface area contributed by atoms with Crippen LogP contribution in [0.1, 0.15) is 39.5 Å². The SMILES string of the molecule is CC1(C)CCCC(NS(=O)(=O)c2ncccc2NN)C1. The molecule has 0 aliphatic heterocycles. The summed E-state index contributed by atoms with van der Waals surface area (Å²) in [6.07, 6.45) is 5.31. The molecule has 1 aromatic heterocycles. The Bertz CT molecular complexity index is 571. The van der Waals surface area contributed by atoms with Crippen molar-refractivity contribution in [2.24, 2.45) is 11.3 Å². The number of sulfonamides is 1. The van der Waals surface area contributed by atoms with Crippen LogP contribution in [0.25, 0.3) is 0 Å². The highest BCUT2D eigenvalue weighted by Crippen LogP contribution is 2.35. The Morgan fingerprint density at radius 2 is 2.20 bits per heavy atom. The largest absolute Gasteiger partial charge is 0.321 e. The Morgan fingerprint density at radius 3 is 2.85 bits per heavy atom. The predicted molar refractivity (Wildman–Crippen MR) is 78.4 cm³/mol. The van der Waals surface area contributed by atoms with E-state index >= 15 is 0 Å². The van der Waals surface area contributed by atoms with Gasteiger partial charge in [0.1, 0.15) is 0 Å². The smallest absolute Gasteiger partial charge is 0.260 e. The fourth-order valence-corrected chi connectivity index (χ4v) is 4.16. The molecule has 1 atom stereocenters. The van der Waals surface area contributed by atoms with Crippen molar-refractivity contribution in [1.29, 1.82) is 0 Å². The quantitative estimate of drug-likeness (QED) is 0.579. The topological polar surface area (TPSA) is 97.1 Å². The lowest BCUT2D eigenvalue weighted by molar-refractivity contribution is 0.212. The molecular weight excluding hydrogens is 276 g/mol. The van der Waals surface area contributed by atoms with Gasteiger partial charge in [0.05, 0.1) is 5.69 Å². The van der Waals surface area contributed by atoms with Gasteiger partial charge in [-0.05, 0) is 36.8 Å². The normalized spacial score (nSPS) is 22.4. The lowest BCUT2D eigenvalue weighted by atomic mass is 9.75. The molecule has 1 aliphatic rings. The third-order valence-electron chi connectivity index (χ3n) is 3.71. The highest BCUT2D eigenvalue weighted by Gasteiger charge is 2.31. The van der Waals surface area contributed by atoms with Gasteiger partial charge in [-0.2, -0.15) is 0 Å². The van der Waals surface area contributed by atoms with Gasteiger partial charge in [-0.25, -0.2) is 18.1 Å². The maximum absolute atomic E-state index is 12.4. The molecule has 6 nitrogen and oxygen atoms in total. The summed E-state index contributed by atoms with van der Waals surface area (Å²) in [5.74, 6) is 5.34. The molecule has 1 heterocycles. The number of aromatic nitrogens is 1. The Morgan fingerprint density at radius 1 is 1.45 bits per heavy atom. The van der Waals surface area contributed by atoms with Crippen molar-refractivity contribution < 1.29 is 8.42 Å². The molecule has 1 saturated carbocycles. The Kier molecular flexibility index (Phi) is 4.31. The van der Waals surface area contributed by atoms with Crippen molar-refractivity contribution in [2.45, 2.75) is 50.6 Å². The van der Waals surface area contributed by atoms with Crippen molar-refractivity contribution in [2.75, 3.05) is 5.43 Å². The maximum Gasteiger partial charge on any atom is 0.260 e. The Balaban J connectivity index is 2.19. The molecule has 0 aromatic carbocycles. The van der Waals surface area contributed by atoms with Crippen LogP contribution in [0.5, 0.6) is 0 Å². The average molecular weight is 298 g/mol. The van der Waals surface area contributed by atoms with Crippen LogP contribution in [0.3, 0.4) is 0 Å². The van der Waals surface area contributed by atoms with Crippen molar-refractivity contribution in [1.82, 2.24) is 9.71 Å². The van der Waals surface area contributed by atoms with E-state index in [0.29, 0.717) is 5.69 Å². The molecule has 4 N–H and O–H groups in total. The van der Waals surface area contributed by atoms with Gasteiger partial charge >= 0.3 is 0 Å². The van der Waals surface area contributed by atoms with Crippen LogP contribution in [0, 0.1) is 5.41 Å². The van der Waals surface area contributed by atoms with E-state index in [4.69, 9.17) is 5.84 Å². The first-order valence-electron chi connectivity index (χ1n) is 6.78. The lowest BCUT2D eigenvalue weighted by Crippen LogP contribution is -2.41. The minimum atomic E-state index is -3.66. The molecule has 0 amide bonds. The summed E-state index contributed by atoms with van der Waals surface area (Å²) in [5, 5.41) is -0.0501. The Hall–Kier alpha value is -1.18. The predicted octanol–water partition coefficient (Wildman–Crippen LogP) is 1.61. The van der Waals surface area contributed by atoms with Crippen LogP contribution >= 0.6 is 0 Å². The monoisotopic (exact) mass is 298 g/mol. The van der Waals surface area contributed by atoms with Crippen LogP contribution in [0.2, 0.25) is 0 Å². The summed E-state index contributed by atoms with van der Waals surface area (Å²) >= 11 is 0. The van der Waals surface area contributed by atoms with Gasteiger partial charge in [-0.3, -0.25) is 5.84 Å². The van der Waals surface area contributed by atoms with E-state index in [2.05, 4.69) is 29.0 Å². The fraction of sp³-hybridized carbons (Fsp3) is 0.615. The summed E-state index contributed by atoms with van der Waals surface area (Å²) in [7, 11) is -3.66. The van der Waals surface area contributed by atoms with Gasteiger partial charge in [0.2, 0.25) is 0 Å². The number of nitrogens with two attached hydrogens (primary N) is 1. The van der Waals surface area contributed by atoms with Crippen LogP contribution in [0.4, 0.5) is 5.69 Å². The second-order valence-electron chi connectivity index (χ2n) is 6.08. The van der Waals surface area contributed by atoms with E-state index in [1.807, 2.05) is 0 Å². The van der Waals surface area contributed by atoms with E-state index in [1.54, 1.807) is 12.1 Å². The fourth-order valence-electron chi connectivity index (χ4n) is 2.79. The average Bonchev–Trinajstić information content (AvgIpc) is 2.37. The molecule has 0 bridgehead atoms. The number of nitrogen functional groups attached to an aromatic ring is 1. The van der Waals surface area contributed by atoms with Gasteiger partial charge in [-0.1, -0.05) is 20.3 Å². The first kappa shape index (κ1) is 15.2. The molecule has 1 aromatic rings. The summed E-state index contributed by atoms with van der Waals surface area (Å²) < 4.78 is 27.6. The molecule has 1 aliphatic carbocycles. The van der Waals surface area contributed by atoms with Crippen molar-refractivity contribution >= 4 is 15.7 Å². The molecule has 20 heavy (non-hydrogen) atoms. The van der Waals surface area contributed by atoms with Crippen LogP contribution in [-0.2, 0) is 10.0 Å². The van der Waals surface area contributed by atoms with Gasteiger partial charge in [-0.15, -0.1) is 0 Å². The second-order valence-corrected chi connectivity index (χ2v) is 7.71. The molecule has 2 rings (SSSR count). The standard InChI is InChI=1S/C13H22N4O2S/c1-13(2)7-3-5-10(9-13)17-20(18,19)12-11(16-14)6-4-8-15-12/h4,6,8,10,16-17H,3,5,7,9,14H2,1-2H3. The zero-order valence-corrected chi connectivity index (χ0v) is 12.7. The molecule has 1 fully saturated rings. The number of pyridine rings is 1. The van der Waals surface area contributed by atoms with Crippen LogP contribution in [0.15, 0.2) is 23.4 Å². The van der Waals surface area contributed by atoms with Crippen molar-refractivity contribution in [3.8, 4) is 0 Å². The second kappa shape index (κ2) is 5.67. The first-order valence-corrected chi connectivity index (χ1v) is 8.26. The number of hydrogen-bond donors (Lipinski definition) is 3. The molecule has 0 radical (unpaired) electrons. The lowest BCUT2D eigenvalue weighted by Gasteiger charge is -2.35. The van der Waals surface area contributed by atoms with Crippen LogP contribution < -0.4 is 16.0 Å². The van der Waals surface area contributed by atoms with Gasteiger partial charge in [0.15, 0.2) is 5.03 Å². The summed E-state index contributed by atoms with van der Waals surface area (Å²) in [5.41, 5.74) is 2.85.